The molecule has 0 spiro atoms. The smallest absolute Gasteiger partial charge is 0.255 e. The van der Waals surface area contributed by atoms with Gasteiger partial charge in [-0.3, -0.25) is 9.59 Å². The number of anilines is 3. The number of hydrogen-bond acceptors (Lipinski definition) is 6. The lowest BCUT2D eigenvalue weighted by Crippen LogP contribution is -2.47. The molecule has 1 fully saturated rings. The van der Waals surface area contributed by atoms with Gasteiger partial charge in [0.05, 0.1) is 18.4 Å². The second-order valence-corrected chi connectivity index (χ2v) is 11.0. The molecule has 1 aliphatic rings. The van der Waals surface area contributed by atoms with Crippen LogP contribution >= 0.6 is 0 Å². The van der Waals surface area contributed by atoms with Gasteiger partial charge in [-0.15, -0.1) is 0 Å². The monoisotopic (exact) mass is 571 g/mol. The van der Waals surface area contributed by atoms with Crippen molar-refractivity contribution in [2.45, 2.75) is 32.6 Å². The minimum absolute atomic E-state index is 0.132. The third kappa shape index (κ3) is 8.26. The third-order valence-electron chi connectivity index (χ3n) is 7.65. The van der Waals surface area contributed by atoms with Gasteiger partial charge in [0.25, 0.3) is 11.8 Å². The Labute approximate surface area is 250 Å². The fourth-order valence-corrected chi connectivity index (χ4v) is 5.25. The molecule has 2 N–H and O–H groups in total. The van der Waals surface area contributed by atoms with Gasteiger partial charge in [0.2, 0.25) is 0 Å². The lowest BCUT2D eigenvalue weighted by Gasteiger charge is -2.38. The quantitative estimate of drug-likeness (QED) is 0.271. The van der Waals surface area contributed by atoms with Crippen molar-refractivity contribution in [2.24, 2.45) is 0 Å². The van der Waals surface area contributed by atoms with Crippen molar-refractivity contribution in [1.82, 2.24) is 10.2 Å². The lowest BCUT2D eigenvalue weighted by atomic mass is 10.1. The first-order chi connectivity index (χ1) is 20.4. The molecule has 3 aromatic carbocycles. The first-order valence-corrected chi connectivity index (χ1v) is 15.0. The van der Waals surface area contributed by atoms with Gasteiger partial charge in [-0.25, -0.2) is 0 Å². The third-order valence-corrected chi connectivity index (χ3v) is 7.65. The van der Waals surface area contributed by atoms with Crippen LogP contribution in [0, 0.1) is 0 Å². The van der Waals surface area contributed by atoms with Crippen LogP contribution in [0.25, 0.3) is 0 Å². The van der Waals surface area contributed by atoms with Crippen molar-refractivity contribution in [1.29, 1.82) is 0 Å². The summed E-state index contributed by atoms with van der Waals surface area (Å²) in [6, 6.07) is 21.5. The van der Waals surface area contributed by atoms with Crippen LogP contribution in [0.15, 0.2) is 66.7 Å². The van der Waals surface area contributed by atoms with Crippen molar-refractivity contribution >= 4 is 28.9 Å². The molecule has 4 rings (SSSR count). The Hall–Kier alpha value is -4.04. The van der Waals surface area contributed by atoms with E-state index in [1.165, 1.54) is 5.56 Å². The first kappa shape index (κ1) is 30.9. The zero-order valence-electron chi connectivity index (χ0n) is 25.5. The minimum Gasteiger partial charge on any atom is -0.495 e. The van der Waals surface area contributed by atoms with Crippen LogP contribution in [0.2, 0.25) is 0 Å². The maximum absolute atomic E-state index is 13.5. The van der Waals surface area contributed by atoms with E-state index < -0.39 is 0 Å². The van der Waals surface area contributed by atoms with Gasteiger partial charge < -0.3 is 30.1 Å². The van der Waals surface area contributed by atoms with Crippen molar-refractivity contribution < 1.29 is 14.3 Å². The zero-order chi connectivity index (χ0) is 29.9. The maximum Gasteiger partial charge on any atom is 0.255 e. The minimum atomic E-state index is -0.187. The highest BCUT2D eigenvalue weighted by molar-refractivity contribution is 6.06. The summed E-state index contributed by atoms with van der Waals surface area (Å²) in [5, 5.41) is 6.09. The van der Waals surface area contributed by atoms with E-state index in [2.05, 4.69) is 38.3 Å². The second-order valence-electron chi connectivity index (χ2n) is 11.0. The van der Waals surface area contributed by atoms with Crippen molar-refractivity contribution in [3.8, 4) is 5.75 Å². The van der Waals surface area contributed by atoms with Gasteiger partial charge in [-0.05, 0) is 87.9 Å². The number of benzene rings is 3. The number of ether oxygens (including phenoxy) is 1. The number of para-hydroxylation sites is 2. The summed E-state index contributed by atoms with van der Waals surface area (Å²) in [4.78, 5) is 33.2. The molecule has 2 amide bonds. The molecule has 0 unspecified atom stereocenters. The van der Waals surface area contributed by atoms with Crippen LogP contribution in [-0.2, 0) is 6.42 Å². The zero-order valence-corrected chi connectivity index (χ0v) is 25.5. The number of nitrogens with zero attached hydrogens (tertiary/aromatic N) is 3. The highest BCUT2D eigenvalue weighted by Crippen LogP contribution is 2.31. The number of carbonyl (C=O) groups excluding carboxylic acids is 2. The van der Waals surface area contributed by atoms with E-state index in [-0.39, 0.29) is 11.8 Å². The Morgan fingerprint density at radius 1 is 0.857 bits per heavy atom. The molecule has 224 valence electrons. The summed E-state index contributed by atoms with van der Waals surface area (Å²) < 4.78 is 5.57. The van der Waals surface area contributed by atoms with Crippen molar-refractivity contribution in [2.75, 3.05) is 75.6 Å². The van der Waals surface area contributed by atoms with E-state index in [9.17, 15) is 9.59 Å². The average molecular weight is 572 g/mol. The fraction of sp³-hybridized carbons (Fsp3) is 0.412. The molecule has 0 aromatic heterocycles. The van der Waals surface area contributed by atoms with Crippen LogP contribution in [0.5, 0.6) is 5.75 Å². The normalized spacial score (nSPS) is 13.3. The fourth-order valence-electron chi connectivity index (χ4n) is 5.25. The molecule has 0 bridgehead atoms. The number of aryl methyl sites for hydroxylation is 1. The first-order valence-electron chi connectivity index (χ1n) is 15.0. The van der Waals surface area contributed by atoms with Gasteiger partial charge in [-0.2, -0.15) is 0 Å². The summed E-state index contributed by atoms with van der Waals surface area (Å²) in [7, 11) is 5.74. The van der Waals surface area contributed by atoms with E-state index in [1.54, 1.807) is 13.2 Å². The number of hydrogen-bond donors (Lipinski definition) is 2. The molecule has 1 saturated heterocycles. The molecule has 1 heterocycles. The standard InChI is InChI=1S/C34H45N5O3/c1-5-6-10-26-13-15-27(16-14-26)33(40)36-28-17-18-30(29(25-28)34(41)35-19-9-20-37(2)3)38-21-23-39(24-22-38)31-11-7-8-12-32(31)42-4/h7-8,11-18,25H,5-6,9-10,19-24H2,1-4H3,(H,35,41)(H,36,40). The molecule has 42 heavy (non-hydrogen) atoms. The summed E-state index contributed by atoms with van der Waals surface area (Å²) in [5.74, 6) is 0.541. The molecule has 0 aliphatic carbocycles. The summed E-state index contributed by atoms with van der Waals surface area (Å²) in [5.41, 5.74) is 4.95. The number of methoxy groups -OCH3 is 1. The number of rotatable bonds is 13. The number of piperazine rings is 1. The van der Waals surface area contributed by atoms with E-state index in [0.717, 1.165) is 75.5 Å². The number of unbranched alkanes of at least 4 members (excludes halogenated alkanes) is 1. The maximum atomic E-state index is 13.5. The van der Waals surface area contributed by atoms with Gasteiger partial charge in [0.15, 0.2) is 0 Å². The Kier molecular flexibility index (Phi) is 11.2. The van der Waals surface area contributed by atoms with Gasteiger partial charge in [0.1, 0.15) is 5.75 Å². The molecule has 0 saturated carbocycles. The number of nitrogens with one attached hydrogen (secondary N) is 2. The molecule has 3 aromatic rings. The molecule has 0 radical (unpaired) electrons. The van der Waals surface area contributed by atoms with E-state index in [1.807, 2.05) is 68.7 Å². The van der Waals surface area contributed by atoms with Crippen LogP contribution in [0.4, 0.5) is 17.1 Å². The highest BCUT2D eigenvalue weighted by atomic mass is 16.5. The second kappa shape index (κ2) is 15.3. The number of amides is 2. The lowest BCUT2D eigenvalue weighted by molar-refractivity contribution is 0.0951. The summed E-state index contributed by atoms with van der Waals surface area (Å²) in [6.45, 7) is 6.77. The molecule has 0 atom stereocenters. The molecular weight excluding hydrogens is 526 g/mol. The van der Waals surface area contributed by atoms with Gasteiger partial charge >= 0.3 is 0 Å². The van der Waals surface area contributed by atoms with Gasteiger partial charge in [0, 0.05) is 49.7 Å². The van der Waals surface area contributed by atoms with Gasteiger partial charge in [-0.1, -0.05) is 37.6 Å². The van der Waals surface area contributed by atoms with E-state index >= 15 is 0 Å². The molecule has 8 nitrogen and oxygen atoms in total. The van der Waals surface area contributed by atoms with Crippen molar-refractivity contribution in [3.05, 3.63) is 83.4 Å². The Morgan fingerprint density at radius 2 is 1.55 bits per heavy atom. The Morgan fingerprint density at radius 3 is 2.21 bits per heavy atom. The van der Waals surface area contributed by atoms with Crippen LogP contribution in [0.1, 0.15) is 52.5 Å². The van der Waals surface area contributed by atoms with Crippen molar-refractivity contribution in [3.63, 3.8) is 0 Å². The molecular formula is C34H45N5O3. The van der Waals surface area contributed by atoms with Crippen LogP contribution in [-0.4, -0.2) is 77.2 Å². The predicted octanol–water partition coefficient (Wildman–Crippen LogP) is 5.30. The SMILES string of the molecule is CCCCc1ccc(C(=O)Nc2ccc(N3CCN(c4ccccc4OC)CC3)c(C(=O)NCCCN(C)C)c2)cc1. The highest BCUT2D eigenvalue weighted by Gasteiger charge is 2.24. The molecule has 8 heteroatoms. The number of carbonyl (C=O) groups is 2. The topological polar surface area (TPSA) is 77.1 Å². The largest absolute Gasteiger partial charge is 0.495 e. The van der Waals surface area contributed by atoms with Crippen LogP contribution in [0.3, 0.4) is 0 Å². The van der Waals surface area contributed by atoms with Crippen LogP contribution < -0.4 is 25.2 Å². The average Bonchev–Trinajstić information content (AvgIpc) is 3.02. The Bertz CT molecular complexity index is 1320. The summed E-state index contributed by atoms with van der Waals surface area (Å²) >= 11 is 0. The predicted molar refractivity (Wildman–Crippen MR) is 172 cm³/mol. The summed E-state index contributed by atoms with van der Waals surface area (Å²) in [6.07, 6.45) is 4.14. The Balaban J connectivity index is 1.49. The molecule has 1 aliphatic heterocycles. The van der Waals surface area contributed by atoms with E-state index in [4.69, 9.17) is 4.74 Å². The van der Waals surface area contributed by atoms with E-state index in [0.29, 0.717) is 23.4 Å².